The third-order valence-corrected chi connectivity index (χ3v) is 4.65. The summed E-state index contributed by atoms with van der Waals surface area (Å²) in [5, 5.41) is 4.49. The average molecular weight is 254 g/mol. The Hall–Kier alpha value is -0.520. The summed E-state index contributed by atoms with van der Waals surface area (Å²) in [5.41, 5.74) is 5.39. The monoisotopic (exact) mass is 254 g/mol. The van der Waals surface area contributed by atoms with Crippen LogP contribution in [0.5, 0.6) is 0 Å². The highest BCUT2D eigenvalue weighted by molar-refractivity contribution is 7.99. The zero-order valence-electron chi connectivity index (χ0n) is 10.6. The molecule has 0 aliphatic carbocycles. The standard InChI is InChI=1S/C12H22N4S/c1-3-16-11(6-9(2)15-16)7-12(14-13)10-4-5-17-8-10/h6,10,12,14H,3-5,7-8,13H2,1-2H3. The summed E-state index contributed by atoms with van der Waals surface area (Å²) in [6, 6.07) is 2.56. The van der Waals surface area contributed by atoms with Crippen molar-refractivity contribution in [2.24, 2.45) is 11.8 Å². The fourth-order valence-corrected chi connectivity index (χ4v) is 3.83. The fraction of sp³-hybridized carbons (Fsp3) is 0.750. The topological polar surface area (TPSA) is 55.9 Å². The van der Waals surface area contributed by atoms with Crippen molar-refractivity contribution in [3.05, 3.63) is 17.5 Å². The van der Waals surface area contributed by atoms with E-state index in [-0.39, 0.29) is 0 Å². The fourth-order valence-electron chi connectivity index (χ4n) is 2.49. The van der Waals surface area contributed by atoms with Gasteiger partial charge in [0, 0.05) is 24.7 Å². The molecular formula is C12H22N4S. The molecule has 5 heteroatoms. The number of nitrogens with two attached hydrogens (primary N) is 1. The third-order valence-electron chi connectivity index (χ3n) is 3.46. The Labute approximate surface area is 107 Å². The number of aromatic nitrogens is 2. The molecule has 17 heavy (non-hydrogen) atoms. The van der Waals surface area contributed by atoms with Gasteiger partial charge in [0.1, 0.15) is 0 Å². The zero-order chi connectivity index (χ0) is 12.3. The van der Waals surface area contributed by atoms with Gasteiger partial charge in [-0.25, -0.2) is 0 Å². The first-order chi connectivity index (χ1) is 8.24. The maximum absolute atomic E-state index is 5.71. The Morgan fingerprint density at radius 3 is 3.12 bits per heavy atom. The summed E-state index contributed by atoms with van der Waals surface area (Å²) in [5.74, 6) is 8.91. The number of hydrogen-bond donors (Lipinski definition) is 2. The number of aryl methyl sites for hydroxylation is 2. The summed E-state index contributed by atoms with van der Waals surface area (Å²) in [6.07, 6.45) is 2.26. The van der Waals surface area contributed by atoms with Crippen LogP contribution in [-0.2, 0) is 13.0 Å². The molecule has 2 heterocycles. The Balaban J connectivity index is 2.06. The predicted octanol–water partition coefficient (Wildman–Crippen LogP) is 1.34. The lowest BCUT2D eigenvalue weighted by atomic mass is 9.95. The van der Waals surface area contributed by atoms with Gasteiger partial charge >= 0.3 is 0 Å². The number of nitrogens with zero attached hydrogens (tertiary/aromatic N) is 2. The summed E-state index contributed by atoms with van der Waals surface area (Å²) in [4.78, 5) is 0. The number of rotatable bonds is 5. The van der Waals surface area contributed by atoms with E-state index in [2.05, 4.69) is 28.2 Å². The Kier molecular flexibility index (Phi) is 4.48. The lowest BCUT2D eigenvalue weighted by Crippen LogP contribution is -2.43. The van der Waals surface area contributed by atoms with E-state index in [1.807, 2.05) is 18.7 Å². The van der Waals surface area contributed by atoms with Gasteiger partial charge in [0.2, 0.25) is 0 Å². The van der Waals surface area contributed by atoms with Gasteiger partial charge in [-0.2, -0.15) is 16.9 Å². The summed E-state index contributed by atoms with van der Waals surface area (Å²) >= 11 is 2.03. The molecule has 1 saturated heterocycles. The molecule has 1 fully saturated rings. The minimum Gasteiger partial charge on any atom is -0.271 e. The first-order valence-corrected chi connectivity index (χ1v) is 7.47. The van der Waals surface area contributed by atoms with Gasteiger partial charge in [-0.1, -0.05) is 0 Å². The highest BCUT2D eigenvalue weighted by Gasteiger charge is 2.25. The number of hydrogen-bond acceptors (Lipinski definition) is 4. The molecule has 0 saturated carbocycles. The highest BCUT2D eigenvalue weighted by Crippen LogP contribution is 2.27. The normalized spacial score (nSPS) is 21.9. The van der Waals surface area contributed by atoms with Crippen LogP contribution >= 0.6 is 11.8 Å². The molecule has 0 amide bonds. The molecule has 4 nitrogen and oxygen atoms in total. The number of hydrazine groups is 1. The van der Waals surface area contributed by atoms with Crippen molar-refractivity contribution in [3.8, 4) is 0 Å². The second kappa shape index (κ2) is 5.89. The minimum atomic E-state index is 0.381. The average Bonchev–Trinajstić information content (AvgIpc) is 2.94. The second-order valence-corrected chi connectivity index (χ2v) is 5.84. The van der Waals surface area contributed by atoms with E-state index < -0.39 is 0 Å². The summed E-state index contributed by atoms with van der Waals surface area (Å²) < 4.78 is 2.09. The lowest BCUT2D eigenvalue weighted by molar-refractivity contribution is 0.377. The largest absolute Gasteiger partial charge is 0.271 e. The number of nitrogens with one attached hydrogen (secondary N) is 1. The van der Waals surface area contributed by atoms with Crippen LogP contribution in [0.3, 0.4) is 0 Å². The minimum absolute atomic E-state index is 0.381. The second-order valence-electron chi connectivity index (χ2n) is 4.69. The molecule has 1 aromatic heterocycles. The van der Waals surface area contributed by atoms with E-state index >= 15 is 0 Å². The van der Waals surface area contributed by atoms with Crippen LogP contribution in [0.2, 0.25) is 0 Å². The summed E-state index contributed by atoms with van der Waals surface area (Å²) in [7, 11) is 0. The molecule has 1 aliphatic rings. The van der Waals surface area contributed by atoms with Crippen molar-refractivity contribution < 1.29 is 0 Å². The first kappa shape index (κ1) is 12.9. The van der Waals surface area contributed by atoms with Crippen molar-refractivity contribution >= 4 is 11.8 Å². The molecule has 1 aromatic rings. The molecule has 0 aromatic carbocycles. The van der Waals surface area contributed by atoms with Crippen LogP contribution in [0.25, 0.3) is 0 Å². The van der Waals surface area contributed by atoms with Gasteiger partial charge < -0.3 is 0 Å². The van der Waals surface area contributed by atoms with Crippen LogP contribution in [0.4, 0.5) is 0 Å². The van der Waals surface area contributed by atoms with Crippen LogP contribution < -0.4 is 11.3 Å². The molecule has 0 bridgehead atoms. The molecular weight excluding hydrogens is 232 g/mol. The lowest BCUT2D eigenvalue weighted by Gasteiger charge is -2.22. The molecule has 3 N–H and O–H groups in total. The Morgan fingerprint density at radius 1 is 1.71 bits per heavy atom. The van der Waals surface area contributed by atoms with Crippen molar-refractivity contribution in [1.82, 2.24) is 15.2 Å². The molecule has 0 spiro atoms. The first-order valence-electron chi connectivity index (χ1n) is 6.31. The number of thioether (sulfide) groups is 1. The predicted molar refractivity (Wildman–Crippen MR) is 72.9 cm³/mol. The molecule has 2 rings (SSSR count). The maximum atomic E-state index is 5.71. The summed E-state index contributed by atoms with van der Waals surface area (Å²) in [6.45, 7) is 5.11. The van der Waals surface area contributed by atoms with Gasteiger partial charge in [-0.05, 0) is 43.8 Å². The van der Waals surface area contributed by atoms with E-state index in [0.29, 0.717) is 12.0 Å². The SMILES string of the molecule is CCn1nc(C)cc1CC(NN)C1CCSC1. The van der Waals surface area contributed by atoms with E-state index in [0.717, 1.165) is 18.7 Å². The van der Waals surface area contributed by atoms with Crippen molar-refractivity contribution in [3.63, 3.8) is 0 Å². The van der Waals surface area contributed by atoms with Crippen molar-refractivity contribution in [2.75, 3.05) is 11.5 Å². The Bertz CT molecular complexity index is 357. The van der Waals surface area contributed by atoms with Gasteiger partial charge in [0.05, 0.1) is 5.69 Å². The van der Waals surface area contributed by atoms with Gasteiger partial charge in [0.25, 0.3) is 0 Å². The third kappa shape index (κ3) is 3.03. The van der Waals surface area contributed by atoms with E-state index in [1.165, 1.54) is 23.6 Å². The smallest absolute Gasteiger partial charge is 0.0596 e. The maximum Gasteiger partial charge on any atom is 0.0596 e. The molecule has 2 atom stereocenters. The van der Waals surface area contributed by atoms with E-state index in [4.69, 9.17) is 5.84 Å². The van der Waals surface area contributed by atoms with Gasteiger partial charge in [-0.3, -0.25) is 16.0 Å². The molecule has 96 valence electrons. The van der Waals surface area contributed by atoms with Gasteiger partial charge in [0.15, 0.2) is 0 Å². The molecule has 1 aliphatic heterocycles. The van der Waals surface area contributed by atoms with Crippen molar-refractivity contribution in [2.45, 2.75) is 39.3 Å². The van der Waals surface area contributed by atoms with E-state index in [9.17, 15) is 0 Å². The van der Waals surface area contributed by atoms with E-state index in [1.54, 1.807) is 0 Å². The molecule has 0 radical (unpaired) electrons. The highest BCUT2D eigenvalue weighted by atomic mass is 32.2. The zero-order valence-corrected chi connectivity index (χ0v) is 11.5. The Morgan fingerprint density at radius 2 is 2.53 bits per heavy atom. The van der Waals surface area contributed by atoms with Crippen LogP contribution in [0.1, 0.15) is 24.7 Å². The van der Waals surface area contributed by atoms with Crippen LogP contribution in [0.15, 0.2) is 6.07 Å². The van der Waals surface area contributed by atoms with Crippen LogP contribution in [-0.4, -0.2) is 27.3 Å². The van der Waals surface area contributed by atoms with Crippen molar-refractivity contribution in [1.29, 1.82) is 0 Å². The van der Waals surface area contributed by atoms with Gasteiger partial charge in [-0.15, -0.1) is 0 Å². The quantitative estimate of drug-likeness (QED) is 0.615. The van der Waals surface area contributed by atoms with Crippen LogP contribution in [0, 0.1) is 12.8 Å². The molecule has 2 unspecified atom stereocenters.